The number of halogens is 1. The highest BCUT2D eigenvalue weighted by molar-refractivity contribution is 8.00. The molecule has 2 aromatic rings. The van der Waals surface area contributed by atoms with E-state index in [0.717, 1.165) is 11.0 Å². The van der Waals surface area contributed by atoms with Crippen LogP contribution < -0.4 is 13.9 Å². The van der Waals surface area contributed by atoms with Gasteiger partial charge in [-0.05, 0) is 44.5 Å². The molecule has 0 N–H and O–H groups in total. The van der Waals surface area contributed by atoms with Gasteiger partial charge in [-0.25, -0.2) is 17.1 Å². The van der Waals surface area contributed by atoms with E-state index in [2.05, 4.69) is 0 Å². The number of thioether (sulfide) groups is 1. The number of hydrogen-bond acceptors (Lipinski definition) is 6. The first-order chi connectivity index (χ1) is 15.5. The Hall–Kier alpha value is -2.59. The van der Waals surface area contributed by atoms with Crippen molar-refractivity contribution < 1.29 is 27.1 Å². The van der Waals surface area contributed by atoms with E-state index in [1.54, 1.807) is 19.1 Å². The summed E-state index contributed by atoms with van der Waals surface area (Å²) in [5.74, 6) is -2.32. The average molecular weight is 495 g/mol. The van der Waals surface area contributed by atoms with Crippen LogP contribution in [-0.2, 0) is 19.6 Å². The molecule has 0 bridgehead atoms. The van der Waals surface area contributed by atoms with Crippen molar-refractivity contribution in [2.24, 2.45) is 0 Å². The molecule has 2 amide bonds. The summed E-state index contributed by atoms with van der Waals surface area (Å²) in [7, 11) is -2.82. The number of methoxy groups -OCH3 is 1. The molecule has 1 aliphatic rings. The van der Waals surface area contributed by atoms with E-state index in [1.807, 2.05) is 26.0 Å². The van der Waals surface area contributed by atoms with Crippen LogP contribution >= 0.6 is 11.8 Å². The van der Waals surface area contributed by atoms with Crippen LogP contribution in [0.5, 0.6) is 5.75 Å². The molecule has 0 saturated carbocycles. The molecule has 10 heteroatoms. The largest absolute Gasteiger partial charge is 0.494 e. The number of anilines is 2. The summed E-state index contributed by atoms with van der Waals surface area (Å²) in [5.41, 5.74) is 0.400. The van der Waals surface area contributed by atoms with Crippen LogP contribution in [0, 0.1) is 5.82 Å². The van der Waals surface area contributed by atoms with E-state index in [0.29, 0.717) is 9.99 Å². The number of nitrogens with zero attached hydrogens (tertiary/aromatic N) is 2. The molecule has 178 valence electrons. The quantitative estimate of drug-likeness (QED) is 0.573. The number of carbonyl (C=O) groups is 2. The molecule has 0 unspecified atom stereocenters. The second-order valence-electron chi connectivity index (χ2n) is 8.28. The highest BCUT2D eigenvalue weighted by Crippen LogP contribution is 2.43. The normalized spacial score (nSPS) is 15.5. The van der Waals surface area contributed by atoms with Crippen molar-refractivity contribution >= 4 is 45.0 Å². The van der Waals surface area contributed by atoms with Crippen LogP contribution in [0.4, 0.5) is 15.8 Å². The maximum absolute atomic E-state index is 14.4. The number of amides is 2. The minimum absolute atomic E-state index is 0.0742. The lowest BCUT2D eigenvalue weighted by Gasteiger charge is -2.27. The number of carbonyl (C=O) groups excluding carboxylic acids is 2. The van der Waals surface area contributed by atoms with Gasteiger partial charge in [0, 0.05) is 22.1 Å². The zero-order chi connectivity index (χ0) is 24.4. The van der Waals surface area contributed by atoms with Gasteiger partial charge in [-0.2, -0.15) is 0 Å². The minimum Gasteiger partial charge on any atom is -0.494 e. The van der Waals surface area contributed by atoms with E-state index >= 15 is 0 Å². The third-order valence-corrected chi connectivity index (χ3v) is 8.21. The average Bonchev–Trinajstić information content (AvgIpc) is 2.81. The highest BCUT2D eigenvalue weighted by Gasteiger charge is 2.37. The molecule has 1 aliphatic heterocycles. The highest BCUT2D eigenvalue weighted by atomic mass is 32.2. The summed E-state index contributed by atoms with van der Waals surface area (Å²) in [6.45, 7) is 5.05. The van der Waals surface area contributed by atoms with E-state index in [4.69, 9.17) is 4.74 Å². The SMILES string of the molecule is CCCS(=O)(=O)N(C(=O)CN1C(=O)CC(C)(C)Sc2ccccc21)c1ccc(OC)c(F)c1. The summed E-state index contributed by atoms with van der Waals surface area (Å²) >= 11 is 1.52. The summed E-state index contributed by atoms with van der Waals surface area (Å²) in [6.07, 6.45) is 0.430. The molecule has 0 radical (unpaired) electrons. The summed E-state index contributed by atoms with van der Waals surface area (Å²) in [6, 6.07) is 10.7. The maximum Gasteiger partial charge on any atom is 0.260 e. The molecule has 0 aliphatic carbocycles. The first-order valence-corrected chi connectivity index (χ1v) is 12.9. The summed E-state index contributed by atoms with van der Waals surface area (Å²) < 4.78 is 45.5. The van der Waals surface area contributed by atoms with Crippen molar-refractivity contribution in [2.45, 2.75) is 43.3 Å². The van der Waals surface area contributed by atoms with Gasteiger partial charge in [0.25, 0.3) is 5.91 Å². The van der Waals surface area contributed by atoms with Gasteiger partial charge in [-0.3, -0.25) is 9.59 Å². The molecule has 0 saturated heterocycles. The summed E-state index contributed by atoms with van der Waals surface area (Å²) in [5, 5.41) is 0. The van der Waals surface area contributed by atoms with E-state index in [-0.39, 0.29) is 35.9 Å². The van der Waals surface area contributed by atoms with Crippen LogP contribution in [0.1, 0.15) is 33.6 Å². The van der Waals surface area contributed by atoms with Gasteiger partial charge in [0.2, 0.25) is 15.9 Å². The Bertz CT molecular complexity index is 1170. The molecule has 0 fully saturated rings. The Morgan fingerprint density at radius 2 is 1.94 bits per heavy atom. The van der Waals surface area contributed by atoms with Gasteiger partial charge >= 0.3 is 0 Å². The molecule has 0 atom stereocenters. The van der Waals surface area contributed by atoms with Crippen molar-refractivity contribution in [3.05, 3.63) is 48.3 Å². The van der Waals surface area contributed by atoms with Gasteiger partial charge in [-0.15, -0.1) is 11.8 Å². The molecule has 7 nitrogen and oxygen atoms in total. The minimum atomic E-state index is -4.11. The number of fused-ring (bicyclic) bond motifs is 1. The predicted molar refractivity (Wildman–Crippen MR) is 128 cm³/mol. The Morgan fingerprint density at radius 3 is 2.58 bits per heavy atom. The number of para-hydroxylation sites is 1. The number of sulfonamides is 1. The number of ether oxygens (including phenoxy) is 1. The van der Waals surface area contributed by atoms with Crippen molar-refractivity contribution in [3.63, 3.8) is 0 Å². The van der Waals surface area contributed by atoms with Crippen molar-refractivity contribution in [1.82, 2.24) is 0 Å². The van der Waals surface area contributed by atoms with Gasteiger partial charge in [0.15, 0.2) is 11.6 Å². The number of benzene rings is 2. The van der Waals surface area contributed by atoms with Crippen molar-refractivity contribution in [1.29, 1.82) is 0 Å². The van der Waals surface area contributed by atoms with E-state index in [1.165, 1.54) is 35.9 Å². The lowest BCUT2D eigenvalue weighted by molar-refractivity contribution is -0.122. The molecular formula is C23H27FN2O5S2. The third kappa shape index (κ3) is 5.50. The molecular weight excluding hydrogens is 467 g/mol. The first kappa shape index (κ1) is 25.0. The zero-order valence-electron chi connectivity index (χ0n) is 19.0. The van der Waals surface area contributed by atoms with Crippen molar-refractivity contribution in [3.8, 4) is 5.75 Å². The fraction of sp³-hybridized carbons (Fsp3) is 0.391. The molecule has 33 heavy (non-hydrogen) atoms. The molecule has 0 aromatic heterocycles. The molecule has 2 aromatic carbocycles. The second kappa shape index (κ2) is 9.72. The lowest BCUT2D eigenvalue weighted by Crippen LogP contribution is -2.47. The van der Waals surface area contributed by atoms with Gasteiger partial charge in [0.05, 0.1) is 24.2 Å². The number of hydrogen-bond donors (Lipinski definition) is 0. The molecule has 0 spiro atoms. The fourth-order valence-corrected chi connectivity index (χ4v) is 6.38. The topological polar surface area (TPSA) is 84.0 Å². The van der Waals surface area contributed by atoms with Crippen molar-refractivity contribution in [2.75, 3.05) is 28.6 Å². The molecule has 1 heterocycles. The van der Waals surface area contributed by atoms with Gasteiger partial charge in [-0.1, -0.05) is 19.1 Å². The van der Waals surface area contributed by atoms with E-state index in [9.17, 15) is 22.4 Å². The van der Waals surface area contributed by atoms with Crippen LogP contribution in [-0.4, -0.2) is 44.4 Å². The first-order valence-electron chi connectivity index (χ1n) is 10.5. The lowest BCUT2D eigenvalue weighted by atomic mass is 10.1. The second-order valence-corrected chi connectivity index (χ2v) is 12.0. The van der Waals surface area contributed by atoms with Gasteiger partial charge < -0.3 is 9.64 Å². The zero-order valence-corrected chi connectivity index (χ0v) is 20.6. The Labute approximate surface area is 198 Å². The van der Waals surface area contributed by atoms with Crippen LogP contribution in [0.25, 0.3) is 0 Å². The Morgan fingerprint density at radius 1 is 1.24 bits per heavy atom. The third-order valence-electron chi connectivity index (χ3n) is 5.05. The Balaban J connectivity index is 2.04. The standard InChI is InChI=1S/C23H27FN2O5S2/c1-5-12-33(29,30)26(16-10-11-19(31-4)17(24)13-16)22(28)15-25-18-8-6-7-9-20(18)32-23(2,3)14-21(25)27/h6-11,13H,5,12,14-15H2,1-4H3. The van der Waals surface area contributed by atoms with E-state index < -0.39 is 33.0 Å². The van der Waals surface area contributed by atoms with Gasteiger partial charge in [0.1, 0.15) is 6.54 Å². The monoisotopic (exact) mass is 494 g/mol. The summed E-state index contributed by atoms with van der Waals surface area (Å²) in [4.78, 5) is 28.7. The van der Waals surface area contributed by atoms with Crippen LogP contribution in [0.15, 0.2) is 47.4 Å². The number of rotatable bonds is 7. The fourth-order valence-electron chi connectivity index (χ4n) is 3.66. The molecule has 3 rings (SSSR count). The van der Waals surface area contributed by atoms with Crippen LogP contribution in [0.3, 0.4) is 0 Å². The smallest absolute Gasteiger partial charge is 0.260 e. The predicted octanol–water partition coefficient (Wildman–Crippen LogP) is 4.21. The maximum atomic E-state index is 14.4. The van der Waals surface area contributed by atoms with Crippen LogP contribution in [0.2, 0.25) is 0 Å². The Kier molecular flexibility index (Phi) is 7.38.